The number of carbonyl (C=O) groups excluding carboxylic acids is 4. The van der Waals surface area contributed by atoms with Gasteiger partial charge in [0.15, 0.2) is 10.8 Å². The zero-order chi connectivity index (χ0) is 51.0. The van der Waals surface area contributed by atoms with Crippen LogP contribution in [0.25, 0.3) is 15.3 Å². The number of aliphatic hydroxyl groups is 1. The van der Waals surface area contributed by atoms with Gasteiger partial charge in [0.1, 0.15) is 23.4 Å². The molecule has 0 unspecified atom stereocenters. The number of β-amino-alcohol motifs (C(OH)–C–C–N with tert-alkyl or cyclic N) is 1. The fourth-order valence-electron chi connectivity index (χ4n) is 8.85. The summed E-state index contributed by atoms with van der Waals surface area (Å²) < 4.78 is 11.9. The Balaban J connectivity index is 0.806. The molecule has 1 aromatic heterocycles. The number of hydrogen-bond acceptors (Lipinski definition) is 10. The largest absolute Gasteiger partial charge is 0.494 e. The van der Waals surface area contributed by atoms with Crippen molar-refractivity contribution >= 4 is 69.4 Å². The molecule has 2 saturated heterocycles. The highest BCUT2D eigenvalue weighted by Gasteiger charge is 2.50. The van der Waals surface area contributed by atoms with Gasteiger partial charge in [-0.2, -0.15) is 0 Å². The number of hydrogen-bond donors (Lipinski definition) is 3. The maximum atomic E-state index is 14.1. The van der Waals surface area contributed by atoms with E-state index in [0.717, 1.165) is 64.2 Å². The number of aliphatic hydroxyl groups excluding tert-OH is 1. The lowest BCUT2D eigenvalue weighted by molar-refractivity contribution is -0.142. The Morgan fingerprint density at radius 1 is 0.930 bits per heavy atom. The van der Waals surface area contributed by atoms with Gasteiger partial charge in [-0.1, -0.05) is 63.2 Å². The Labute approximate surface area is 426 Å². The second kappa shape index (κ2) is 22.7. The highest BCUT2D eigenvalue weighted by Crippen LogP contribution is 2.38. The number of thiazole rings is 1. The first kappa shape index (κ1) is 52.3. The van der Waals surface area contributed by atoms with Crippen LogP contribution in [0.15, 0.2) is 96.5 Å². The summed E-state index contributed by atoms with van der Waals surface area (Å²) in [6.07, 6.45) is 2.46. The fourth-order valence-corrected chi connectivity index (χ4v) is 10.2. The maximum absolute atomic E-state index is 14.1. The molecule has 5 aromatic rings. The molecule has 0 spiro atoms. The molecule has 0 saturated carbocycles. The van der Waals surface area contributed by atoms with Crippen molar-refractivity contribution in [2.75, 3.05) is 36.2 Å². The van der Waals surface area contributed by atoms with E-state index in [2.05, 4.69) is 20.5 Å². The number of ether oxygens (including phenoxy) is 2. The van der Waals surface area contributed by atoms with Crippen LogP contribution in [0.3, 0.4) is 0 Å². The molecule has 2 aliphatic rings. The summed E-state index contributed by atoms with van der Waals surface area (Å²) in [5.41, 5.74) is 7.34. The lowest BCUT2D eigenvalue weighted by Crippen LogP contribution is -2.57. The summed E-state index contributed by atoms with van der Waals surface area (Å²) in [6, 6.07) is 26.2. The van der Waals surface area contributed by atoms with Crippen molar-refractivity contribution in [3.63, 3.8) is 0 Å². The van der Waals surface area contributed by atoms with Gasteiger partial charge in [0.25, 0.3) is 11.8 Å². The molecule has 14 nitrogen and oxygen atoms in total. The number of aromatic nitrogens is 1. The van der Waals surface area contributed by atoms with Crippen molar-refractivity contribution in [1.82, 2.24) is 20.5 Å². The molecule has 7 rings (SSSR count). The maximum Gasteiger partial charge on any atom is 0.259 e. The third-order valence-electron chi connectivity index (χ3n) is 12.9. The molecule has 2 aliphatic heterocycles. The molecule has 3 N–H and O–H groups in total. The highest BCUT2D eigenvalue weighted by molar-refractivity contribution is 7.81. The van der Waals surface area contributed by atoms with Gasteiger partial charge in [0.05, 0.1) is 35.4 Å². The Kier molecular flexibility index (Phi) is 16.7. The van der Waals surface area contributed by atoms with Gasteiger partial charge in [-0.15, -0.1) is 11.3 Å². The van der Waals surface area contributed by atoms with E-state index in [9.17, 15) is 24.3 Å². The number of aryl methyl sites for hydroxylation is 3. The SMILES string of the molecule is [C-]#[N+]c1ccc(N2C(=O)C(C)(C)N(c3ccc(OCCCCOCCCc4ccc(C(=O)N[C@H](C(=O)N5C[C@H](O)C[C@H]5C(=O)NCc5ccc(-c6scnc6C)cc5)C(C)(C)C)cc4)cc3)C2=S)cc1C. The molecular weight excluding hydrogens is 935 g/mol. The van der Waals surface area contributed by atoms with Crippen LogP contribution < -0.4 is 25.2 Å². The van der Waals surface area contributed by atoms with Gasteiger partial charge in [-0.05, 0) is 142 Å². The molecular formula is C55H63N7O7S2. The van der Waals surface area contributed by atoms with Gasteiger partial charge in [0, 0.05) is 49.7 Å². The van der Waals surface area contributed by atoms with Crippen molar-refractivity contribution in [1.29, 1.82) is 0 Å². The number of benzene rings is 4. The molecule has 372 valence electrons. The normalized spacial score (nSPS) is 17.0. The van der Waals surface area contributed by atoms with Crippen molar-refractivity contribution in [3.05, 3.63) is 136 Å². The van der Waals surface area contributed by atoms with E-state index in [1.54, 1.807) is 35.6 Å². The standard InChI is InChI=1S/C55H63N7O7S2/c1-35-30-42(23-26-45(35)56-8)61-52(67)55(6,7)62(53(61)70)41-21-24-44(25-22-41)69-29-10-9-27-68-28-11-12-37-13-19-40(20-14-37)49(64)59-48(54(3,4)5)51(66)60-33-43(63)31-46(60)50(65)57-32-38-15-17-39(18-16-38)47-36(2)58-34-71-47/h13-26,30,34,43,46,48,63H,9-12,27-29,31-33H2,1-7H3,(H,57,65)(H,59,64)/t43-,46+,48-/m1/s1. The Hall–Kier alpha value is -6.51. The second-order valence-corrected chi connectivity index (χ2v) is 20.9. The third-order valence-corrected chi connectivity index (χ3v) is 14.3. The van der Waals surface area contributed by atoms with E-state index in [1.807, 2.05) is 126 Å². The van der Waals surface area contributed by atoms with Gasteiger partial charge < -0.3 is 35.0 Å². The summed E-state index contributed by atoms with van der Waals surface area (Å²) in [7, 11) is 0. The van der Waals surface area contributed by atoms with Gasteiger partial charge in [-0.3, -0.25) is 24.1 Å². The average molecular weight is 998 g/mol. The molecule has 2 fully saturated rings. The van der Waals surface area contributed by atoms with Crippen molar-refractivity contribution in [2.24, 2.45) is 5.41 Å². The van der Waals surface area contributed by atoms with E-state index in [0.29, 0.717) is 47.6 Å². The van der Waals surface area contributed by atoms with Crippen molar-refractivity contribution in [3.8, 4) is 16.2 Å². The predicted molar refractivity (Wildman–Crippen MR) is 282 cm³/mol. The number of likely N-dealkylation sites (tertiary alicyclic amines) is 1. The van der Waals surface area contributed by atoms with Crippen LogP contribution in [0.4, 0.5) is 17.1 Å². The first-order valence-electron chi connectivity index (χ1n) is 24.0. The first-order chi connectivity index (χ1) is 33.9. The summed E-state index contributed by atoms with van der Waals surface area (Å²) in [4.78, 5) is 68.6. The highest BCUT2D eigenvalue weighted by atomic mass is 32.1. The molecule has 16 heteroatoms. The molecule has 0 bridgehead atoms. The van der Waals surface area contributed by atoms with Crippen LogP contribution in [-0.2, 0) is 32.1 Å². The zero-order valence-corrected chi connectivity index (χ0v) is 43.1. The number of nitrogens with one attached hydrogen (secondary N) is 2. The minimum Gasteiger partial charge on any atom is -0.494 e. The Morgan fingerprint density at radius 2 is 1.59 bits per heavy atom. The number of anilines is 2. The van der Waals surface area contributed by atoms with Crippen LogP contribution in [0.1, 0.15) is 93.0 Å². The number of nitrogens with zero attached hydrogens (tertiary/aromatic N) is 5. The summed E-state index contributed by atoms with van der Waals surface area (Å²) in [5, 5.41) is 16.9. The van der Waals surface area contributed by atoms with Crippen LogP contribution in [0.2, 0.25) is 0 Å². The minimum atomic E-state index is -0.949. The smallest absolute Gasteiger partial charge is 0.259 e. The molecule has 3 atom stereocenters. The first-order valence-corrected chi connectivity index (χ1v) is 25.3. The van der Waals surface area contributed by atoms with Crippen molar-refractivity contribution < 1.29 is 33.8 Å². The van der Waals surface area contributed by atoms with Gasteiger partial charge in [0.2, 0.25) is 11.8 Å². The lowest BCUT2D eigenvalue weighted by Gasteiger charge is -2.35. The van der Waals surface area contributed by atoms with Gasteiger partial charge >= 0.3 is 0 Å². The molecule has 0 aliphatic carbocycles. The topological polar surface area (TPSA) is 158 Å². The molecule has 0 radical (unpaired) electrons. The predicted octanol–water partition coefficient (Wildman–Crippen LogP) is 9.13. The van der Waals surface area contributed by atoms with Crippen molar-refractivity contribution in [2.45, 2.75) is 111 Å². The zero-order valence-electron chi connectivity index (χ0n) is 41.5. The summed E-state index contributed by atoms with van der Waals surface area (Å²) >= 11 is 7.40. The van der Waals surface area contributed by atoms with E-state index >= 15 is 0 Å². The monoisotopic (exact) mass is 997 g/mol. The summed E-state index contributed by atoms with van der Waals surface area (Å²) in [5.74, 6) is -0.600. The number of rotatable bonds is 19. The van der Waals surface area contributed by atoms with Crippen LogP contribution in [0, 0.1) is 25.8 Å². The molecule has 71 heavy (non-hydrogen) atoms. The van der Waals surface area contributed by atoms with Crippen LogP contribution >= 0.6 is 23.6 Å². The average Bonchev–Trinajstić information content (AvgIpc) is 4.01. The number of carbonyl (C=O) groups is 4. The second-order valence-electron chi connectivity index (χ2n) is 19.7. The van der Waals surface area contributed by atoms with E-state index < -0.39 is 41.0 Å². The quantitative estimate of drug-likeness (QED) is 0.0414. The number of amides is 4. The number of thiocarbonyl (C=S) groups is 1. The summed E-state index contributed by atoms with van der Waals surface area (Å²) in [6.45, 7) is 22.4. The van der Waals surface area contributed by atoms with Crippen LogP contribution in [0.5, 0.6) is 5.75 Å². The lowest BCUT2D eigenvalue weighted by atomic mass is 9.85. The molecule has 4 aromatic carbocycles. The Bertz CT molecular complexity index is 2760. The van der Waals surface area contributed by atoms with E-state index in [4.69, 9.17) is 28.3 Å². The molecule has 4 amide bonds. The fraction of sp³-hybridized carbons (Fsp3) is 0.400. The van der Waals surface area contributed by atoms with E-state index in [1.165, 1.54) is 9.80 Å². The Morgan fingerprint density at radius 3 is 2.24 bits per heavy atom. The minimum absolute atomic E-state index is 0.00412. The van der Waals surface area contributed by atoms with Gasteiger partial charge in [-0.25, -0.2) is 9.83 Å². The third kappa shape index (κ3) is 12.3. The van der Waals surface area contributed by atoms with Crippen LogP contribution in [-0.4, -0.2) is 93.8 Å². The number of unbranched alkanes of at least 4 members (excludes halogenated alkanes) is 1. The van der Waals surface area contributed by atoms with E-state index in [-0.39, 0.29) is 31.3 Å². The molecule has 3 heterocycles.